The molecule has 2 nitrogen and oxygen atoms in total. The van der Waals surface area contributed by atoms with Crippen molar-refractivity contribution in [2.45, 2.75) is 19.3 Å². The maximum absolute atomic E-state index is 13.8. The summed E-state index contributed by atoms with van der Waals surface area (Å²) < 4.78 is 27.6. The minimum Gasteiger partial charge on any atom is -0.300 e. The predicted octanol–water partition coefficient (Wildman–Crippen LogP) is 9.35. The summed E-state index contributed by atoms with van der Waals surface area (Å²) in [5.74, 6) is -0.696. The Hall–Kier alpha value is -4.27. The maximum Gasteiger partial charge on any atom is 2.00 e. The van der Waals surface area contributed by atoms with Crippen molar-refractivity contribution in [2.75, 3.05) is 0 Å². The van der Waals surface area contributed by atoms with Crippen LogP contribution in [0.15, 0.2) is 121 Å². The molecule has 0 saturated carbocycles. The molecule has 0 N–H and O–H groups in total. The van der Waals surface area contributed by atoms with Crippen LogP contribution in [0.5, 0.6) is 0 Å². The van der Waals surface area contributed by atoms with E-state index >= 15 is 0 Å². The summed E-state index contributed by atoms with van der Waals surface area (Å²) >= 11 is 0. The Morgan fingerprint density at radius 3 is 1.29 bits per heavy atom. The van der Waals surface area contributed by atoms with E-state index in [1.165, 1.54) is 24.3 Å². The molecule has 0 atom stereocenters. The SMILES string of the molecule is CC(C)(c1ccc(-c2ccccc2)c(-c2[c-]cc(F)cc2)n1)c1ccc(-c2ccccc2)c(-c2[c-]cc(F)cc2)n1.[Pt+2]. The van der Waals surface area contributed by atoms with Crippen LogP contribution in [0.1, 0.15) is 25.2 Å². The molecule has 0 bridgehead atoms. The second-order valence-corrected chi connectivity index (χ2v) is 10.4. The van der Waals surface area contributed by atoms with Gasteiger partial charge in [-0.3, -0.25) is 18.7 Å². The topological polar surface area (TPSA) is 25.8 Å². The Bertz CT molecular complexity index is 1670. The van der Waals surface area contributed by atoms with Gasteiger partial charge in [-0.25, -0.2) is 0 Å². The van der Waals surface area contributed by atoms with E-state index in [1.807, 2.05) is 72.8 Å². The normalized spacial score (nSPS) is 11.1. The summed E-state index contributed by atoms with van der Waals surface area (Å²) in [7, 11) is 0. The van der Waals surface area contributed by atoms with Gasteiger partial charge in [-0.1, -0.05) is 72.8 Å². The minimum absolute atomic E-state index is 0. The van der Waals surface area contributed by atoms with Gasteiger partial charge < -0.3 is 0 Å². The fraction of sp³-hybridized carbons (Fsp3) is 0.0811. The van der Waals surface area contributed by atoms with Crippen LogP contribution in [-0.4, -0.2) is 9.97 Å². The molecule has 0 radical (unpaired) electrons. The van der Waals surface area contributed by atoms with Crippen molar-refractivity contribution < 1.29 is 29.8 Å². The number of benzene rings is 4. The van der Waals surface area contributed by atoms with Crippen LogP contribution < -0.4 is 0 Å². The number of aromatic nitrogens is 2. The first kappa shape index (κ1) is 29.2. The molecule has 42 heavy (non-hydrogen) atoms. The van der Waals surface area contributed by atoms with Crippen molar-refractivity contribution in [3.8, 4) is 44.8 Å². The molecule has 6 aromatic rings. The van der Waals surface area contributed by atoms with Crippen LogP contribution in [-0.2, 0) is 26.5 Å². The third-order valence-electron chi connectivity index (χ3n) is 7.30. The molecule has 0 aliphatic heterocycles. The molecule has 0 fully saturated rings. The molecule has 0 aliphatic rings. The van der Waals surface area contributed by atoms with Crippen LogP contribution in [0.2, 0.25) is 0 Å². The molecule has 208 valence electrons. The first-order valence-corrected chi connectivity index (χ1v) is 13.4. The van der Waals surface area contributed by atoms with Gasteiger partial charge in [0.1, 0.15) is 0 Å². The third kappa shape index (κ3) is 5.86. The second kappa shape index (κ2) is 12.3. The standard InChI is InChI=1S/C37H26F2N2.Pt/c1-37(2,33-23-21-31(25-9-5-3-6-10-25)35(40-33)27-13-17-29(38)18-14-27)34-24-22-32(26-11-7-4-8-12-26)36(41-34)28-15-19-30(39)20-16-28;/h3-13,15,17-24H,1-2H3;/q-2;+2. The zero-order valence-electron chi connectivity index (χ0n) is 23.0. The summed E-state index contributed by atoms with van der Waals surface area (Å²) in [5, 5.41) is 0. The first-order chi connectivity index (χ1) is 19.9. The fourth-order valence-corrected chi connectivity index (χ4v) is 4.96. The van der Waals surface area contributed by atoms with E-state index in [9.17, 15) is 8.78 Å². The van der Waals surface area contributed by atoms with Gasteiger partial charge in [0, 0.05) is 28.4 Å². The summed E-state index contributed by atoms with van der Waals surface area (Å²) in [6.07, 6.45) is 0. The first-order valence-electron chi connectivity index (χ1n) is 13.4. The second-order valence-electron chi connectivity index (χ2n) is 10.4. The number of pyridine rings is 2. The van der Waals surface area contributed by atoms with Gasteiger partial charge in [0.15, 0.2) is 0 Å². The molecule has 6 rings (SSSR count). The van der Waals surface area contributed by atoms with Crippen molar-refractivity contribution in [1.29, 1.82) is 0 Å². The summed E-state index contributed by atoms with van der Waals surface area (Å²) in [5.41, 5.74) is 7.74. The molecular formula is C37H26F2N2Pt. The van der Waals surface area contributed by atoms with E-state index in [-0.39, 0.29) is 32.7 Å². The maximum atomic E-state index is 13.8. The zero-order valence-corrected chi connectivity index (χ0v) is 25.3. The smallest absolute Gasteiger partial charge is 0.300 e. The molecule has 0 spiro atoms. The largest absolute Gasteiger partial charge is 2.00 e. The molecule has 0 saturated heterocycles. The predicted molar refractivity (Wildman–Crippen MR) is 160 cm³/mol. The van der Waals surface area contributed by atoms with Gasteiger partial charge in [-0.05, 0) is 59.6 Å². The number of hydrogen-bond donors (Lipinski definition) is 0. The number of nitrogens with zero attached hydrogens (tertiary/aromatic N) is 2. The minimum atomic E-state index is -0.603. The van der Waals surface area contributed by atoms with Gasteiger partial charge in [0.05, 0.1) is 0 Å². The molecule has 0 amide bonds. The molecule has 2 aromatic heterocycles. The van der Waals surface area contributed by atoms with E-state index in [1.54, 1.807) is 12.1 Å². The zero-order chi connectivity index (χ0) is 28.4. The van der Waals surface area contributed by atoms with Crippen molar-refractivity contribution >= 4 is 0 Å². The van der Waals surface area contributed by atoms with Gasteiger partial charge in [-0.2, -0.15) is 0 Å². The fourth-order valence-electron chi connectivity index (χ4n) is 4.96. The Morgan fingerprint density at radius 2 is 0.929 bits per heavy atom. The van der Waals surface area contributed by atoms with Crippen molar-refractivity contribution in [2.24, 2.45) is 0 Å². The summed E-state index contributed by atoms with van der Waals surface area (Å²) in [6.45, 7) is 4.16. The molecular weight excluding hydrogens is 705 g/mol. The molecule has 0 unspecified atom stereocenters. The molecule has 2 heterocycles. The van der Waals surface area contributed by atoms with Gasteiger partial charge in [0.25, 0.3) is 0 Å². The molecule has 4 aromatic carbocycles. The van der Waals surface area contributed by atoms with Crippen molar-refractivity contribution in [3.63, 3.8) is 0 Å². The Labute approximate surface area is 259 Å². The van der Waals surface area contributed by atoms with E-state index in [0.29, 0.717) is 11.1 Å². The van der Waals surface area contributed by atoms with Crippen LogP contribution in [0, 0.1) is 23.8 Å². The number of rotatable bonds is 6. The third-order valence-corrected chi connectivity index (χ3v) is 7.30. The number of hydrogen-bond acceptors (Lipinski definition) is 2. The Balaban J connectivity index is 0.00000353. The van der Waals surface area contributed by atoms with E-state index < -0.39 is 5.41 Å². The number of halogens is 2. The average molecular weight is 732 g/mol. The average Bonchev–Trinajstić information content (AvgIpc) is 3.02. The Kier molecular flexibility index (Phi) is 8.56. The van der Waals surface area contributed by atoms with Crippen molar-refractivity contribution in [3.05, 3.63) is 156 Å². The van der Waals surface area contributed by atoms with Gasteiger partial charge >= 0.3 is 21.1 Å². The molecule has 0 aliphatic carbocycles. The quantitative estimate of drug-likeness (QED) is 0.160. The van der Waals surface area contributed by atoms with E-state index in [0.717, 1.165) is 45.0 Å². The van der Waals surface area contributed by atoms with Gasteiger partial charge in [0.2, 0.25) is 0 Å². The summed E-state index contributed by atoms with van der Waals surface area (Å²) in [6, 6.07) is 43.2. The van der Waals surface area contributed by atoms with E-state index in [2.05, 4.69) is 38.1 Å². The van der Waals surface area contributed by atoms with Crippen LogP contribution in [0.25, 0.3) is 44.8 Å². The Morgan fingerprint density at radius 1 is 0.524 bits per heavy atom. The van der Waals surface area contributed by atoms with Crippen LogP contribution in [0.3, 0.4) is 0 Å². The van der Waals surface area contributed by atoms with E-state index in [4.69, 9.17) is 9.97 Å². The van der Waals surface area contributed by atoms with Crippen LogP contribution in [0.4, 0.5) is 8.78 Å². The molecule has 5 heteroatoms. The van der Waals surface area contributed by atoms with Crippen molar-refractivity contribution in [1.82, 2.24) is 9.97 Å². The van der Waals surface area contributed by atoms with Gasteiger partial charge in [-0.15, -0.1) is 59.7 Å². The van der Waals surface area contributed by atoms with Crippen LogP contribution >= 0.6 is 0 Å². The summed E-state index contributed by atoms with van der Waals surface area (Å²) in [4.78, 5) is 10.3. The monoisotopic (exact) mass is 731 g/mol.